The summed E-state index contributed by atoms with van der Waals surface area (Å²) in [5.74, 6) is -1.53. The third kappa shape index (κ3) is 5.90. The van der Waals surface area contributed by atoms with E-state index < -0.39 is 23.9 Å². The first kappa shape index (κ1) is 17.1. The number of carbonyl (C=O) groups excluding carboxylic acids is 1. The molecule has 0 saturated carbocycles. The Morgan fingerprint density at radius 3 is 2.62 bits per heavy atom. The minimum Gasteiger partial charge on any atom is -0.481 e. The molecule has 0 aliphatic carbocycles. The van der Waals surface area contributed by atoms with Gasteiger partial charge in [0, 0.05) is 6.42 Å². The molecule has 1 atom stereocenters. The summed E-state index contributed by atoms with van der Waals surface area (Å²) in [6.07, 6.45) is 1.97. The number of carboxylic acids is 2. The van der Waals surface area contributed by atoms with E-state index in [2.05, 4.69) is 5.32 Å². The number of amides is 1. The van der Waals surface area contributed by atoms with Gasteiger partial charge in [0.15, 0.2) is 5.76 Å². The fourth-order valence-corrected chi connectivity index (χ4v) is 2.10. The average molecular weight is 315 g/mol. The number of rotatable bonds is 9. The smallest absolute Gasteiger partial charge is 0.326 e. The Morgan fingerprint density at radius 2 is 2.05 bits per heavy atom. The summed E-state index contributed by atoms with van der Waals surface area (Å²) in [6.45, 7) is 0. The summed E-state index contributed by atoms with van der Waals surface area (Å²) in [4.78, 5) is 33.3. The Hall–Kier alpha value is -1.96. The molecule has 1 rings (SSSR count). The van der Waals surface area contributed by atoms with Gasteiger partial charge in [-0.25, -0.2) is 4.79 Å². The van der Waals surface area contributed by atoms with Gasteiger partial charge in [-0.15, -0.1) is 0 Å². The second-order valence-electron chi connectivity index (χ2n) is 4.35. The summed E-state index contributed by atoms with van der Waals surface area (Å²) in [5.41, 5.74) is 0. The first-order valence-electron chi connectivity index (χ1n) is 6.27. The third-order valence-electron chi connectivity index (χ3n) is 2.66. The van der Waals surface area contributed by atoms with Gasteiger partial charge in [-0.3, -0.25) is 9.59 Å². The van der Waals surface area contributed by atoms with Gasteiger partial charge in [0.25, 0.3) is 5.91 Å². The summed E-state index contributed by atoms with van der Waals surface area (Å²) < 4.78 is 5.29. The zero-order valence-corrected chi connectivity index (χ0v) is 12.3. The van der Waals surface area contributed by atoms with Crippen LogP contribution < -0.4 is 5.32 Å². The molecule has 0 bridgehead atoms. The fourth-order valence-electron chi connectivity index (χ4n) is 1.66. The van der Waals surface area contributed by atoms with Crippen LogP contribution in [0.4, 0.5) is 0 Å². The van der Waals surface area contributed by atoms with Crippen LogP contribution in [0, 0.1) is 0 Å². The average Bonchev–Trinajstić information content (AvgIpc) is 2.86. The quantitative estimate of drug-likeness (QED) is 0.633. The highest BCUT2D eigenvalue weighted by Crippen LogP contribution is 2.14. The van der Waals surface area contributed by atoms with Crippen LogP contribution in [0.5, 0.6) is 0 Å². The van der Waals surface area contributed by atoms with Gasteiger partial charge in [0.2, 0.25) is 0 Å². The Morgan fingerprint density at radius 1 is 1.33 bits per heavy atom. The van der Waals surface area contributed by atoms with E-state index >= 15 is 0 Å². The molecule has 1 amide bonds. The lowest BCUT2D eigenvalue weighted by molar-refractivity contribution is -0.140. The first-order valence-corrected chi connectivity index (χ1v) is 7.66. The minimum atomic E-state index is -1.20. The molecule has 1 aromatic rings. The first-order chi connectivity index (χ1) is 9.93. The zero-order valence-electron chi connectivity index (χ0n) is 11.5. The van der Waals surface area contributed by atoms with Gasteiger partial charge in [0.1, 0.15) is 11.8 Å². The van der Waals surface area contributed by atoms with Gasteiger partial charge in [-0.05, 0) is 31.2 Å². The van der Waals surface area contributed by atoms with E-state index in [0.717, 1.165) is 0 Å². The van der Waals surface area contributed by atoms with E-state index in [1.807, 2.05) is 6.26 Å². The van der Waals surface area contributed by atoms with Crippen LogP contribution in [0.15, 0.2) is 16.5 Å². The van der Waals surface area contributed by atoms with E-state index in [0.29, 0.717) is 11.5 Å². The van der Waals surface area contributed by atoms with E-state index in [9.17, 15) is 14.4 Å². The van der Waals surface area contributed by atoms with Crippen molar-refractivity contribution in [2.45, 2.75) is 31.1 Å². The number of aliphatic carboxylic acids is 2. The SMILES string of the molecule is CSCc1ccc(C(=O)N[C@H](CCCC(=O)O)C(=O)O)o1. The van der Waals surface area contributed by atoms with E-state index in [-0.39, 0.29) is 25.0 Å². The van der Waals surface area contributed by atoms with Crippen LogP contribution in [-0.4, -0.2) is 40.4 Å². The van der Waals surface area contributed by atoms with Crippen molar-refractivity contribution in [1.29, 1.82) is 0 Å². The van der Waals surface area contributed by atoms with Crippen molar-refractivity contribution in [2.24, 2.45) is 0 Å². The molecule has 1 heterocycles. The van der Waals surface area contributed by atoms with E-state index in [1.165, 1.54) is 17.8 Å². The molecule has 0 spiro atoms. The molecule has 0 fully saturated rings. The maximum Gasteiger partial charge on any atom is 0.326 e. The summed E-state index contributed by atoms with van der Waals surface area (Å²) in [5, 5.41) is 19.9. The van der Waals surface area contributed by atoms with Gasteiger partial charge in [-0.2, -0.15) is 11.8 Å². The molecular weight excluding hydrogens is 298 g/mol. The van der Waals surface area contributed by atoms with E-state index in [4.69, 9.17) is 14.6 Å². The standard InChI is InChI=1S/C13H17NO6S/c1-21-7-8-5-6-10(20-8)12(17)14-9(13(18)19)3-2-4-11(15)16/h5-6,9H,2-4,7H2,1H3,(H,14,17)(H,15,16)(H,18,19)/t9-/m1/s1. The molecule has 0 unspecified atom stereocenters. The number of hydrogen-bond acceptors (Lipinski definition) is 5. The molecule has 0 aliphatic heterocycles. The highest BCUT2D eigenvalue weighted by Gasteiger charge is 2.22. The second-order valence-corrected chi connectivity index (χ2v) is 5.22. The lowest BCUT2D eigenvalue weighted by atomic mass is 10.1. The topological polar surface area (TPSA) is 117 Å². The normalized spacial score (nSPS) is 11.9. The van der Waals surface area contributed by atoms with Crippen molar-refractivity contribution in [3.05, 3.63) is 23.7 Å². The van der Waals surface area contributed by atoms with Crippen LogP contribution >= 0.6 is 11.8 Å². The van der Waals surface area contributed by atoms with Crippen molar-refractivity contribution in [1.82, 2.24) is 5.32 Å². The van der Waals surface area contributed by atoms with Gasteiger partial charge < -0.3 is 19.9 Å². The molecule has 0 saturated heterocycles. The number of carboxylic acid groups (broad SMARTS) is 2. The summed E-state index contributed by atoms with van der Waals surface area (Å²) in [7, 11) is 0. The number of thioether (sulfide) groups is 1. The molecule has 1 aromatic heterocycles. The second kappa shape index (κ2) is 8.35. The highest BCUT2D eigenvalue weighted by atomic mass is 32.2. The summed E-state index contributed by atoms with van der Waals surface area (Å²) in [6, 6.07) is 2.01. The van der Waals surface area contributed by atoms with Crippen LogP contribution in [0.25, 0.3) is 0 Å². The van der Waals surface area contributed by atoms with Gasteiger partial charge in [-0.1, -0.05) is 0 Å². The molecule has 3 N–H and O–H groups in total. The predicted molar refractivity (Wildman–Crippen MR) is 76.3 cm³/mol. The minimum absolute atomic E-state index is 0.0449. The van der Waals surface area contributed by atoms with Crippen LogP contribution in [-0.2, 0) is 15.3 Å². The van der Waals surface area contributed by atoms with Crippen LogP contribution in [0.1, 0.15) is 35.6 Å². The molecule has 8 heteroatoms. The van der Waals surface area contributed by atoms with Gasteiger partial charge >= 0.3 is 11.9 Å². The van der Waals surface area contributed by atoms with Crippen molar-refractivity contribution < 1.29 is 29.0 Å². The van der Waals surface area contributed by atoms with Crippen molar-refractivity contribution in [2.75, 3.05) is 6.26 Å². The third-order valence-corrected chi connectivity index (χ3v) is 3.23. The number of hydrogen-bond donors (Lipinski definition) is 3. The number of furan rings is 1. The lowest BCUT2D eigenvalue weighted by Gasteiger charge is -2.12. The predicted octanol–water partition coefficient (Wildman–Crippen LogP) is 1.58. The Labute approximate surface area is 125 Å². The lowest BCUT2D eigenvalue weighted by Crippen LogP contribution is -2.40. The fraction of sp³-hybridized carbons (Fsp3) is 0.462. The van der Waals surface area contributed by atoms with Crippen molar-refractivity contribution in [3.8, 4) is 0 Å². The molecule has 116 valence electrons. The number of nitrogens with one attached hydrogen (secondary N) is 1. The summed E-state index contributed by atoms with van der Waals surface area (Å²) >= 11 is 1.54. The molecule has 21 heavy (non-hydrogen) atoms. The van der Waals surface area contributed by atoms with Crippen LogP contribution in [0.2, 0.25) is 0 Å². The maximum absolute atomic E-state index is 11.9. The van der Waals surface area contributed by atoms with Crippen LogP contribution in [0.3, 0.4) is 0 Å². The maximum atomic E-state index is 11.9. The van der Waals surface area contributed by atoms with E-state index in [1.54, 1.807) is 6.07 Å². The largest absolute Gasteiger partial charge is 0.481 e. The monoisotopic (exact) mass is 315 g/mol. The highest BCUT2D eigenvalue weighted by molar-refractivity contribution is 7.97. The van der Waals surface area contributed by atoms with Crippen molar-refractivity contribution >= 4 is 29.6 Å². The molecule has 0 radical (unpaired) electrons. The molecule has 7 nitrogen and oxygen atoms in total. The van der Waals surface area contributed by atoms with Crippen molar-refractivity contribution in [3.63, 3.8) is 0 Å². The zero-order chi connectivity index (χ0) is 15.8. The molecular formula is C13H17NO6S. The van der Waals surface area contributed by atoms with Gasteiger partial charge in [0.05, 0.1) is 5.75 Å². The Bertz CT molecular complexity index is 513. The Kier molecular flexibility index (Phi) is 6.80. The Balaban J connectivity index is 2.58. The molecule has 0 aromatic carbocycles. The number of carbonyl (C=O) groups is 3. The molecule has 0 aliphatic rings.